The van der Waals surface area contributed by atoms with Crippen LogP contribution in [0.15, 0.2) is 48.6 Å². The van der Waals surface area contributed by atoms with E-state index in [1.165, 1.54) is 19.1 Å². The molecule has 0 heterocycles. The van der Waals surface area contributed by atoms with Crippen molar-refractivity contribution in [3.63, 3.8) is 0 Å². The quantitative estimate of drug-likeness (QED) is 0.756. The summed E-state index contributed by atoms with van der Waals surface area (Å²) in [4.78, 5) is 13.0. The summed E-state index contributed by atoms with van der Waals surface area (Å²) in [7, 11) is 1.72. The second-order valence-corrected chi connectivity index (χ2v) is 6.12. The molecule has 1 aliphatic rings. The minimum absolute atomic E-state index is 0.0348. The molecule has 0 fully saturated rings. The number of hydrogen-bond acceptors (Lipinski definition) is 2. The fraction of sp³-hybridized carbons (Fsp3) is 0.421. The van der Waals surface area contributed by atoms with Gasteiger partial charge >= 0.3 is 6.18 Å². The second-order valence-electron chi connectivity index (χ2n) is 6.12. The lowest BCUT2D eigenvalue weighted by atomic mass is 9.92. The number of alkyl halides is 3. The predicted molar refractivity (Wildman–Crippen MR) is 90.2 cm³/mol. The Hall–Kier alpha value is -2.24. The zero-order valence-corrected chi connectivity index (χ0v) is 14.3. The molecule has 1 amide bonds. The van der Waals surface area contributed by atoms with E-state index in [0.717, 1.165) is 18.6 Å². The van der Waals surface area contributed by atoms with Crippen molar-refractivity contribution in [1.29, 1.82) is 0 Å². The summed E-state index contributed by atoms with van der Waals surface area (Å²) in [5.74, 6) is 0.478. The lowest BCUT2D eigenvalue weighted by Gasteiger charge is -2.28. The largest absolute Gasteiger partial charge is 0.490 e. The van der Waals surface area contributed by atoms with Crippen molar-refractivity contribution in [2.24, 2.45) is 5.92 Å². The van der Waals surface area contributed by atoms with Crippen LogP contribution in [0, 0.1) is 5.92 Å². The van der Waals surface area contributed by atoms with Gasteiger partial charge in [0.2, 0.25) is 5.91 Å². The van der Waals surface area contributed by atoms with E-state index < -0.39 is 11.7 Å². The highest BCUT2D eigenvalue weighted by molar-refractivity contribution is 5.72. The van der Waals surface area contributed by atoms with E-state index in [-0.39, 0.29) is 17.9 Å². The summed E-state index contributed by atoms with van der Waals surface area (Å²) in [6, 6.07) is 4.72. The first-order valence-electron chi connectivity index (χ1n) is 8.16. The highest BCUT2D eigenvalue weighted by Gasteiger charge is 2.30. The molecule has 0 spiro atoms. The molecule has 0 aliphatic heterocycles. The Morgan fingerprint density at radius 1 is 1.28 bits per heavy atom. The van der Waals surface area contributed by atoms with Crippen LogP contribution in [0.4, 0.5) is 13.2 Å². The summed E-state index contributed by atoms with van der Waals surface area (Å²) in [5.41, 5.74) is -0.701. The Morgan fingerprint density at radius 2 is 1.96 bits per heavy atom. The number of nitrogens with zero attached hydrogens (tertiary/aromatic N) is 1. The maximum atomic E-state index is 12.7. The van der Waals surface area contributed by atoms with Gasteiger partial charge in [-0.05, 0) is 30.7 Å². The van der Waals surface area contributed by atoms with Crippen LogP contribution in [0.5, 0.6) is 5.75 Å². The van der Waals surface area contributed by atoms with E-state index in [9.17, 15) is 18.0 Å². The minimum atomic E-state index is -4.36. The number of ether oxygens (including phenoxy) is 1. The Bertz CT molecular complexity index is 635. The number of rotatable bonds is 6. The first-order valence-corrected chi connectivity index (χ1v) is 8.16. The van der Waals surface area contributed by atoms with Crippen molar-refractivity contribution < 1.29 is 22.7 Å². The lowest BCUT2D eigenvalue weighted by Crippen LogP contribution is -2.33. The van der Waals surface area contributed by atoms with E-state index in [1.54, 1.807) is 11.9 Å². The van der Waals surface area contributed by atoms with E-state index in [2.05, 4.69) is 0 Å². The van der Waals surface area contributed by atoms with Crippen LogP contribution in [0.2, 0.25) is 0 Å². The molecule has 0 N–H and O–H groups in total. The third-order valence-corrected chi connectivity index (χ3v) is 4.25. The van der Waals surface area contributed by atoms with E-state index in [4.69, 9.17) is 4.74 Å². The van der Waals surface area contributed by atoms with Gasteiger partial charge in [0.25, 0.3) is 0 Å². The van der Waals surface area contributed by atoms with Crippen LogP contribution < -0.4 is 4.74 Å². The third kappa shape index (κ3) is 5.66. The number of carbonyl (C=O) groups is 1. The normalized spacial score (nSPS) is 18.0. The van der Waals surface area contributed by atoms with Crippen LogP contribution in [0.1, 0.15) is 25.3 Å². The van der Waals surface area contributed by atoms with Crippen LogP contribution in [0.3, 0.4) is 0 Å². The molecule has 136 valence electrons. The van der Waals surface area contributed by atoms with Gasteiger partial charge in [-0.3, -0.25) is 4.79 Å². The van der Waals surface area contributed by atoms with Gasteiger partial charge in [0.15, 0.2) is 0 Å². The summed E-state index contributed by atoms with van der Waals surface area (Å²) >= 11 is 0. The number of halogens is 3. The summed E-state index contributed by atoms with van der Waals surface area (Å²) < 4.78 is 44.0. The van der Waals surface area contributed by atoms with Gasteiger partial charge in [-0.15, -0.1) is 0 Å². The zero-order valence-electron chi connectivity index (χ0n) is 14.3. The van der Waals surface area contributed by atoms with Gasteiger partial charge in [0.05, 0.1) is 5.56 Å². The van der Waals surface area contributed by atoms with Crippen LogP contribution in [-0.4, -0.2) is 30.5 Å². The molecule has 0 aromatic heterocycles. The van der Waals surface area contributed by atoms with Gasteiger partial charge in [-0.25, -0.2) is 0 Å². The van der Waals surface area contributed by atoms with Gasteiger partial charge in [0, 0.05) is 32.9 Å². The highest BCUT2D eigenvalue weighted by atomic mass is 19.4. The molecule has 0 radical (unpaired) electrons. The highest BCUT2D eigenvalue weighted by Crippen LogP contribution is 2.31. The summed E-state index contributed by atoms with van der Waals surface area (Å²) in [6.45, 7) is 2.02. The molecular weight excluding hydrogens is 331 g/mol. The van der Waals surface area contributed by atoms with Crippen LogP contribution >= 0.6 is 0 Å². The first kappa shape index (κ1) is 19.1. The molecule has 1 aromatic rings. The molecular formula is C19H22F3NO2. The van der Waals surface area contributed by atoms with Gasteiger partial charge < -0.3 is 9.64 Å². The Labute approximate surface area is 145 Å². The second kappa shape index (κ2) is 8.23. The lowest BCUT2D eigenvalue weighted by molar-refractivity contribution is -0.137. The number of allylic oxidation sites excluding steroid dienone is 3. The summed E-state index contributed by atoms with van der Waals surface area (Å²) in [6.07, 6.45) is 4.76. The molecule has 2 atom stereocenters. The zero-order chi connectivity index (χ0) is 18.4. The maximum absolute atomic E-state index is 12.7. The minimum Gasteiger partial charge on any atom is -0.490 e. The SMILES string of the molecule is CC(=O)N(C)CCC(Oc1ccc(C(F)(F)F)cc1)C1C=CC=CC1. The van der Waals surface area contributed by atoms with Crippen molar-refractivity contribution in [2.45, 2.75) is 32.0 Å². The van der Waals surface area contributed by atoms with E-state index >= 15 is 0 Å². The fourth-order valence-corrected chi connectivity index (χ4v) is 2.61. The third-order valence-electron chi connectivity index (χ3n) is 4.25. The topological polar surface area (TPSA) is 29.5 Å². The molecule has 0 saturated heterocycles. The molecule has 6 heteroatoms. The molecule has 0 saturated carbocycles. The van der Waals surface area contributed by atoms with Crippen molar-refractivity contribution >= 4 is 5.91 Å². The van der Waals surface area contributed by atoms with Crippen LogP contribution in [0.25, 0.3) is 0 Å². The molecule has 1 aliphatic carbocycles. The first-order chi connectivity index (χ1) is 11.8. The van der Waals surface area contributed by atoms with Gasteiger partial charge in [-0.1, -0.05) is 24.3 Å². The number of amides is 1. The fourth-order valence-electron chi connectivity index (χ4n) is 2.61. The Kier molecular flexibility index (Phi) is 6.28. The van der Waals surface area contributed by atoms with E-state index in [1.807, 2.05) is 24.3 Å². The molecule has 1 aromatic carbocycles. The molecule has 0 bridgehead atoms. The van der Waals surface area contributed by atoms with Gasteiger partial charge in [-0.2, -0.15) is 13.2 Å². The number of carbonyl (C=O) groups excluding carboxylic acids is 1. The monoisotopic (exact) mass is 353 g/mol. The molecule has 25 heavy (non-hydrogen) atoms. The number of hydrogen-bond donors (Lipinski definition) is 0. The summed E-state index contributed by atoms with van der Waals surface area (Å²) in [5, 5.41) is 0. The predicted octanol–water partition coefficient (Wildman–Crippen LogP) is 4.45. The molecule has 2 rings (SSSR count). The molecule has 2 unspecified atom stereocenters. The van der Waals surface area contributed by atoms with Crippen molar-refractivity contribution in [3.8, 4) is 5.75 Å². The smallest absolute Gasteiger partial charge is 0.416 e. The van der Waals surface area contributed by atoms with Crippen molar-refractivity contribution in [2.75, 3.05) is 13.6 Å². The maximum Gasteiger partial charge on any atom is 0.416 e. The van der Waals surface area contributed by atoms with Crippen molar-refractivity contribution in [3.05, 3.63) is 54.1 Å². The number of benzene rings is 1. The van der Waals surface area contributed by atoms with E-state index in [0.29, 0.717) is 18.7 Å². The van der Waals surface area contributed by atoms with Crippen molar-refractivity contribution in [1.82, 2.24) is 4.90 Å². The molecule has 3 nitrogen and oxygen atoms in total. The van der Waals surface area contributed by atoms with Gasteiger partial charge in [0.1, 0.15) is 11.9 Å². The Morgan fingerprint density at radius 3 is 2.48 bits per heavy atom. The Balaban J connectivity index is 2.08. The van der Waals surface area contributed by atoms with Crippen LogP contribution in [-0.2, 0) is 11.0 Å². The standard InChI is InChI=1S/C19H22F3NO2/c1-14(24)23(2)13-12-18(15-6-4-3-5-7-15)25-17-10-8-16(9-11-17)19(20,21)22/h3-6,8-11,15,18H,7,12-13H2,1-2H3. The average Bonchev–Trinajstić information content (AvgIpc) is 2.58. The average molecular weight is 353 g/mol.